The Morgan fingerprint density at radius 2 is 2.39 bits per heavy atom. The van der Waals surface area contributed by atoms with E-state index in [-0.39, 0.29) is 11.7 Å². The number of anilines is 1. The van der Waals surface area contributed by atoms with Crippen LogP contribution in [0, 0.1) is 11.7 Å². The van der Waals surface area contributed by atoms with Gasteiger partial charge in [-0.15, -0.1) is 0 Å². The van der Waals surface area contributed by atoms with E-state index in [0.717, 1.165) is 25.7 Å². The van der Waals surface area contributed by atoms with Crippen LogP contribution in [-0.2, 0) is 4.79 Å². The van der Waals surface area contributed by atoms with Crippen molar-refractivity contribution in [2.75, 3.05) is 5.32 Å². The highest BCUT2D eigenvalue weighted by Crippen LogP contribution is 2.38. The van der Waals surface area contributed by atoms with Gasteiger partial charge in [-0.1, -0.05) is 19.4 Å². The molecule has 0 spiro atoms. The summed E-state index contributed by atoms with van der Waals surface area (Å²) in [5, 5.41) is 3.14. The van der Waals surface area contributed by atoms with Crippen LogP contribution in [0.5, 0.6) is 0 Å². The number of hydrogen-bond donors (Lipinski definition) is 2. The van der Waals surface area contributed by atoms with E-state index in [0.29, 0.717) is 11.6 Å². The van der Waals surface area contributed by atoms with Gasteiger partial charge in [0, 0.05) is 5.69 Å². The molecule has 2 unspecified atom stereocenters. The molecule has 3 nitrogen and oxygen atoms in total. The molecule has 0 saturated heterocycles. The zero-order valence-electron chi connectivity index (χ0n) is 10.6. The lowest BCUT2D eigenvalue weighted by molar-refractivity contribution is -0.122. The standard InChI is InChI=1S/C14H19FN2O/c1-2-10-6-7-14(9-10,13(16)18)17-12-5-3-4-11(15)8-12/h3-5,8,10,17H,2,6-7,9H2,1H3,(H2,16,18). The predicted octanol–water partition coefficient (Wildman–Crippen LogP) is 2.67. The Balaban J connectivity index is 2.20. The van der Waals surface area contributed by atoms with Gasteiger partial charge >= 0.3 is 0 Å². The SMILES string of the molecule is CCC1CCC(Nc2cccc(F)c2)(C(N)=O)C1. The van der Waals surface area contributed by atoms with E-state index in [1.807, 2.05) is 0 Å². The molecule has 0 aromatic heterocycles. The Bertz CT molecular complexity index is 449. The van der Waals surface area contributed by atoms with Crippen molar-refractivity contribution in [3.63, 3.8) is 0 Å². The van der Waals surface area contributed by atoms with Crippen molar-refractivity contribution in [3.8, 4) is 0 Å². The van der Waals surface area contributed by atoms with Crippen molar-refractivity contribution in [2.45, 2.75) is 38.1 Å². The maximum atomic E-state index is 13.2. The van der Waals surface area contributed by atoms with Crippen LogP contribution in [0.15, 0.2) is 24.3 Å². The highest BCUT2D eigenvalue weighted by molar-refractivity contribution is 5.88. The summed E-state index contributed by atoms with van der Waals surface area (Å²) in [6.45, 7) is 2.12. The number of carbonyl (C=O) groups excluding carboxylic acids is 1. The van der Waals surface area contributed by atoms with Crippen LogP contribution in [0.4, 0.5) is 10.1 Å². The molecule has 98 valence electrons. The molecule has 1 fully saturated rings. The van der Waals surface area contributed by atoms with Crippen LogP contribution >= 0.6 is 0 Å². The Morgan fingerprint density at radius 3 is 2.94 bits per heavy atom. The second kappa shape index (κ2) is 4.96. The second-order valence-electron chi connectivity index (χ2n) is 5.10. The molecule has 18 heavy (non-hydrogen) atoms. The third-order valence-electron chi connectivity index (χ3n) is 3.87. The van der Waals surface area contributed by atoms with E-state index in [2.05, 4.69) is 12.2 Å². The van der Waals surface area contributed by atoms with Gasteiger partial charge < -0.3 is 11.1 Å². The lowest BCUT2D eigenvalue weighted by Gasteiger charge is -2.28. The molecule has 3 N–H and O–H groups in total. The summed E-state index contributed by atoms with van der Waals surface area (Å²) in [7, 11) is 0. The number of amides is 1. The molecular weight excluding hydrogens is 231 g/mol. The monoisotopic (exact) mass is 250 g/mol. The Hall–Kier alpha value is -1.58. The van der Waals surface area contributed by atoms with Crippen LogP contribution in [0.3, 0.4) is 0 Å². The van der Waals surface area contributed by atoms with Crippen LogP contribution in [-0.4, -0.2) is 11.4 Å². The number of carbonyl (C=O) groups is 1. The minimum absolute atomic E-state index is 0.315. The molecule has 0 bridgehead atoms. The number of nitrogens with two attached hydrogens (primary N) is 1. The number of primary amides is 1. The van der Waals surface area contributed by atoms with Crippen LogP contribution in [0.25, 0.3) is 0 Å². The van der Waals surface area contributed by atoms with Crippen LogP contribution in [0.1, 0.15) is 32.6 Å². The fourth-order valence-corrected chi connectivity index (χ4v) is 2.74. The van der Waals surface area contributed by atoms with Gasteiger partial charge in [-0.3, -0.25) is 4.79 Å². The molecule has 1 aromatic rings. The van der Waals surface area contributed by atoms with Crippen molar-refractivity contribution >= 4 is 11.6 Å². The predicted molar refractivity (Wildman–Crippen MR) is 69.6 cm³/mol. The van der Waals surface area contributed by atoms with E-state index in [4.69, 9.17) is 5.73 Å². The van der Waals surface area contributed by atoms with Gasteiger partial charge in [0.2, 0.25) is 5.91 Å². The van der Waals surface area contributed by atoms with Gasteiger partial charge in [-0.05, 0) is 43.4 Å². The van der Waals surface area contributed by atoms with Crippen molar-refractivity contribution in [1.29, 1.82) is 0 Å². The van der Waals surface area contributed by atoms with Gasteiger partial charge in [0.15, 0.2) is 0 Å². The zero-order valence-corrected chi connectivity index (χ0v) is 10.6. The van der Waals surface area contributed by atoms with Crippen molar-refractivity contribution in [1.82, 2.24) is 0 Å². The molecule has 1 aliphatic rings. The Labute approximate surface area is 107 Å². The number of halogens is 1. The van der Waals surface area contributed by atoms with Crippen LogP contribution in [0.2, 0.25) is 0 Å². The summed E-state index contributed by atoms with van der Waals surface area (Å²) in [4.78, 5) is 11.7. The van der Waals surface area contributed by atoms with E-state index in [1.54, 1.807) is 12.1 Å². The summed E-state index contributed by atoms with van der Waals surface area (Å²) in [5.74, 6) is -0.147. The van der Waals surface area contributed by atoms with Crippen molar-refractivity contribution in [3.05, 3.63) is 30.1 Å². The lowest BCUT2D eigenvalue weighted by Crippen LogP contribution is -2.48. The summed E-state index contributed by atoms with van der Waals surface area (Å²) >= 11 is 0. The molecule has 1 aromatic carbocycles. The molecule has 1 amide bonds. The highest BCUT2D eigenvalue weighted by atomic mass is 19.1. The molecule has 2 atom stereocenters. The largest absolute Gasteiger partial charge is 0.371 e. The quantitative estimate of drug-likeness (QED) is 0.863. The number of hydrogen-bond acceptors (Lipinski definition) is 2. The molecule has 1 saturated carbocycles. The van der Waals surface area contributed by atoms with E-state index in [9.17, 15) is 9.18 Å². The number of rotatable bonds is 4. The lowest BCUT2D eigenvalue weighted by atomic mass is 9.93. The van der Waals surface area contributed by atoms with Gasteiger partial charge in [-0.2, -0.15) is 0 Å². The summed E-state index contributed by atoms with van der Waals surface area (Å²) in [6.07, 6.45) is 3.48. The Kier molecular flexibility index (Phi) is 3.55. The minimum Gasteiger partial charge on any atom is -0.371 e. The summed E-state index contributed by atoms with van der Waals surface area (Å²) in [6, 6.07) is 6.15. The first-order valence-corrected chi connectivity index (χ1v) is 6.39. The number of benzene rings is 1. The third kappa shape index (κ3) is 2.47. The normalized spacial score (nSPS) is 27.1. The molecule has 0 heterocycles. The molecular formula is C14H19FN2O. The van der Waals surface area contributed by atoms with Crippen molar-refractivity contribution < 1.29 is 9.18 Å². The molecule has 4 heteroatoms. The first-order valence-electron chi connectivity index (χ1n) is 6.39. The first-order chi connectivity index (χ1) is 8.55. The summed E-state index contributed by atoms with van der Waals surface area (Å²) in [5.41, 5.74) is 5.44. The van der Waals surface area contributed by atoms with Gasteiger partial charge in [0.1, 0.15) is 11.4 Å². The molecule has 1 aliphatic carbocycles. The summed E-state index contributed by atoms with van der Waals surface area (Å²) < 4.78 is 13.2. The van der Waals surface area contributed by atoms with Gasteiger partial charge in [-0.25, -0.2) is 4.39 Å². The smallest absolute Gasteiger partial charge is 0.243 e. The molecule has 0 aliphatic heterocycles. The number of nitrogens with one attached hydrogen (secondary N) is 1. The average molecular weight is 250 g/mol. The fraction of sp³-hybridized carbons (Fsp3) is 0.500. The highest BCUT2D eigenvalue weighted by Gasteiger charge is 2.43. The molecule has 2 rings (SSSR count). The third-order valence-corrected chi connectivity index (χ3v) is 3.87. The van der Waals surface area contributed by atoms with E-state index in [1.165, 1.54) is 12.1 Å². The second-order valence-corrected chi connectivity index (χ2v) is 5.10. The van der Waals surface area contributed by atoms with Gasteiger partial charge in [0.25, 0.3) is 0 Å². The average Bonchev–Trinajstić information content (AvgIpc) is 2.74. The maximum absolute atomic E-state index is 13.2. The van der Waals surface area contributed by atoms with Crippen molar-refractivity contribution in [2.24, 2.45) is 11.7 Å². The maximum Gasteiger partial charge on any atom is 0.243 e. The topological polar surface area (TPSA) is 55.1 Å². The Morgan fingerprint density at radius 1 is 1.61 bits per heavy atom. The minimum atomic E-state index is -0.714. The molecule has 0 radical (unpaired) electrons. The van der Waals surface area contributed by atoms with Gasteiger partial charge in [0.05, 0.1) is 0 Å². The van der Waals surface area contributed by atoms with E-state index < -0.39 is 5.54 Å². The van der Waals surface area contributed by atoms with Crippen LogP contribution < -0.4 is 11.1 Å². The zero-order chi connectivity index (χ0) is 13.2. The first kappa shape index (κ1) is 12.9. The van der Waals surface area contributed by atoms with E-state index >= 15 is 0 Å². The fourth-order valence-electron chi connectivity index (χ4n) is 2.74.